The lowest BCUT2D eigenvalue weighted by Crippen LogP contribution is -2.37. The zero-order valence-electron chi connectivity index (χ0n) is 17.0. The molecule has 0 aliphatic carbocycles. The highest BCUT2D eigenvalue weighted by atomic mass is 32.2. The molecule has 27 heavy (non-hydrogen) atoms. The highest BCUT2D eigenvalue weighted by Crippen LogP contribution is 2.24. The van der Waals surface area contributed by atoms with E-state index in [1.165, 1.54) is 5.56 Å². The molecule has 0 aliphatic heterocycles. The fraction of sp³-hybridized carbons (Fsp3) is 0.409. The van der Waals surface area contributed by atoms with Crippen molar-refractivity contribution in [1.29, 1.82) is 0 Å². The van der Waals surface area contributed by atoms with Crippen LogP contribution in [0.5, 0.6) is 0 Å². The average Bonchev–Trinajstić information content (AvgIpc) is 2.61. The van der Waals surface area contributed by atoms with Crippen LogP contribution < -0.4 is 10.0 Å². The monoisotopic (exact) mass is 386 g/mol. The second kappa shape index (κ2) is 8.81. The predicted octanol–water partition coefficient (Wildman–Crippen LogP) is 4.59. The lowest BCUT2D eigenvalue weighted by atomic mass is 9.94. The molecule has 0 saturated carbocycles. The van der Waals surface area contributed by atoms with Crippen LogP contribution in [0, 0.1) is 12.3 Å². The number of aryl methyl sites for hydroxylation is 1. The topological polar surface area (TPSA) is 58.2 Å². The molecule has 0 fully saturated rings. The van der Waals surface area contributed by atoms with E-state index in [9.17, 15) is 9.00 Å². The molecule has 2 aromatic rings. The summed E-state index contributed by atoms with van der Waals surface area (Å²) >= 11 is 0. The third-order valence-corrected chi connectivity index (χ3v) is 5.81. The van der Waals surface area contributed by atoms with E-state index in [1.807, 2.05) is 77.9 Å². The second-order valence-electron chi connectivity index (χ2n) is 8.00. The number of rotatable bonds is 6. The van der Waals surface area contributed by atoms with Gasteiger partial charge in [0, 0.05) is 11.5 Å². The second-order valence-corrected chi connectivity index (χ2v) is 9.21. The van der Waals surface area contributed by atoms with Crippen molar-refractivity contribution in [2.24, 2.45) is 5.41 Å². The third-order valence-electron chi connectivity index (χ3n) is 4.48. The smallest absolute Gasteiger partial charge is 0.225 e. The number of carbonyl (C=O) groups excluding carboxylic acids is 1. The quantitative estimate of drug-likeness (QED) is 0.763. The van der Waals surface area contributed by atoms with Crippen molar-refractivity contribution in [1.82, 2.24) is 10.0 Å². The van der Waals surface area contributed by atoms with E-state index in [0.29, 0.717) is 4.90 Å². The normalized spacial score (nSPS) is 15.0. The van der Waals surface area contributed by atoms with Crippen LogP contribution in [0.2, 0.25) is 0 Å². The van der Waals surface area contributed by atoms with Crippen LogP contribution in [-0.4, -0.2) is 10.1 Å². The molecular weight excluding hydrogens is 356 g/mol. The minimum absolute atomic E-state index is 0.0310. The first-order valence-electron chi connectivity index (χ1n) is 9.24. The molecule has 4 nitrogen and oxygen atoms in total. The molecule has 5 heteroatoms. The van der Waals surface area contributed by atoms with Crippen molar-refractivity contribution >= 4 is 16.9 Å². The zero-order valence-corrected chi connectivity index (χ0v) is 17.8. The van der Waals surface area contributed by atoms with Gasteiger partial charge in [-0.05, 0) is 38.0 Å². The summed E-state index contributed by atoms with van der Waals surface area (Å²) in [5, 5.41) is 3.02. The van der Waals surface area contributed by atoms with Gasteiger partial charge >= 0.3 is 0 Å². The Bertz CT molecular complexity index is 810. The van der Waals surface area contributed by atoms with Gasteiger partial charge in [-0.1, -0.05) is 68.8 Å². The maximum Gasteiger partial charge on any atom is 0.225 e. The Labute approximate surface area is 165 Å². The van der Waals surface area contributed by atoms with E-state index in [2.05, 4.69) is 22.2 Å². The maximum atomic E-state index is 13.0. The molecule has 2 rings (SSSR count). The summed E-state index contributed by atoms with van der Waals surface area (Å²) < 4.78 is 16.2. The molecule has 0 spiro atoms. The Morgan fingerprint density at radius 1 is 0.963 bits per heavy atom. The number of hydrogen-bond acceptors (Lipinski definition) is 2. The van der Waals surface area contributed by atoms with Crippen molar-refractivity contribution in [3.05, 3.63) is 65.2 Å². The van der Waals surface area contributed by atoms with Gasteiger partial charge in [-0.3, -0.25) is 4.79 Å². The minimum Gasteiger partial charge on any atom is -0.349 e. The summed E-state index contributed by atoms with van der Waals surface area (Å²) in [7, 11) is -1.39. The van der Waals surface area contributed by atoms with Gasteiger partial charge in [-0.25, -0.2) is 8.93 Å². The standard InChI is InChI=1S/C22H30N2O2S/c1-15-11-13-18(14-12-15)16(2)24-27(26)20-10-8-7-9-19(20)17(3)23-21(25)22(4,5)6/h7-14,16-17,24H,1-6H3,(H,23,25)/t16-,17+,27?/m0/s1. The third kappa shape index (κ3) is 5.75. The van der Waals surface area contributed by atoms with Crippen molar-refractivity contribution in [2.45, 2.75) is 58.5 Å². The van der Waals surface area contributed by atoms with E-state index in [4.69, 9.17) is 0 Å². The van der Waals surface area contributed by atoms with Crippen LogP contribution in [0.15, 0.2) is 53.4 Å². The maximum absolute atomic E-state index is 13.0. The first-order valence-corrected chi connectivity index (χ1v) is 10.4. The van der Waals surface area contributed by atoms with Gasteiger partial charge in [0.15, 0.2) is 0 Å². The van der Waals surface area contributed by atoms with Gasteiger partial charge in [0.25, 0.3) is 0 Å². The largest absolute Gasteiger partial charge is 0.349 e. The lowest BCUT2D eigenvalue weighted by Gasteiger charge is -2.24. The van der Waals surface area contributed by atoms with Gasteiger partial charge in [-0.2, -0.15) is 0 Å². The van der Waals surface area contributed by atoms with Crippen LogP contribution in [0.25, 0.3) is 0 Å². The molecule has 1 unspecified atom stereocenters. The van der Waals surface area contributed by atoms with Crippen LogP contribution in [0.3, 0.4) is 0 Å². The summed E-state index contributed by atoms with van der Waals surface area (Å²) in [6.45, 7) is 11.6. The van der Waals surface area contributed by atoms with Crippen molar-refractivity contribution in [3.63, 3.8) is 0 Å². The Kier molecular flexibility index (Phi) is 6.95. The molecular formula is C22H30N2O2S. The molecule has 0 radical (unpaired) electrons. The Morgan fingerprint density at radius 3 is 2.15 bits per heavy atom. The lowest BCUT2D eigenvalue weighted by molar-refractivity contribution is -0.129. The SMILES string of the molecule is Cc1ccc([C@H](C)NS(=O)c2ccccc2[C@@H](C)NC(=O)C(C)(C)C)cc1. The van der Waals surface area contributed by atoms with Gasteiger partial charge in [0.05, 0.1) is 10.9 Å². The molecule has 2 N–H and O–H groups in total. The van der Waals surface area contributed by atoms with E-state index < -0.39 is 16.4 Å². The first-order chi connectivity index (χ1) is 12.6. The number of carbonyl (C=O) groups is 1. The predicted molar refractivity (Wildman–Crippen MR) is 112 cm³/mol. The molecule has 0 aromatic heterocycles. The van der Waals surface area contributed by atoms with Crippen molar-refractivity contribution in [2.75, 3.05) is 0 Å². The number of nitrogens with one attached hydrogen (secondary N) is 2. The molecule has 0 bridgehead atoms. The van der Waals surface area contributed by atoms with Crippen LogP contribution in [0.4, 0.5) is 0 Å². The van der Waals surface area contributed by atoms with E-state index in [-0.39, 0.29) is 18.0 Å². The van der Waals surface area contributed by atoms with Crippen LogP contribution in [-0.2, 0) is 15.8 Å². The van der Waals surface area contributed by atoms with E-state index in [0.717, 1.165) is 11.1 Å². The molecule has 146 valence electrons. The Hall–Kier alpha value is -1.98. The van der Waals surface area contributed by atoms with Crippen molar-refractivity contribution in [3.8, 4) is 0 Å². The van der Waals surface area contributed by atoms with Gasteiger partial charge in [0.2, 0.25) is 5.91 Å². The highest BCUT2D eigenvalue weighted by molar-refractivity contribution is 7.83. The summed E-state index contributed by atoms with van der Waals surface area (Å²) in [6.07, 6.45) is 0. The van der Waals surface area contributed by atoms with Gasteiger partial charge < -0.3 is 5.32 Å². The first kappa shape index (κ1) is 21.3. The Morgan fingerprint density at radius 2 is 1.56 bits per heavy atom. The van der Waals surface area contributed by atoms with Crippen LogP contribution >= 0.6 is 0 Å². The molecule has 2 aromatic carbocycles. The summed E-state index contributed by atoms with van der Waals surface area (Å²) in [4.78, 5) is 13.0. The minimum atomic E-state index is -1.39. The summed E-state index contributed by atoms with van der Waals surface area (Å²) in [6, 6.07) is 15.4. The Balaban J connectivity index is 2.17. The van der Waals surface area contributed by atoms with E-state index >= 15 is 0 Å². The fourth-order valence-electron chi connectivity index (χ4n) is 2.65. The fourth-order valence-corrected chi connectivity index (χ4v) is 3.89. The molecule has 1 amide bonds. The summed E-state index contributed by atoms with van der Waals surface area (Å²) in [5.41, 5.74) is 2.67. The highest BCUT2D eigenvalue weighted by Gasteiger charge is 2.24. The molecule has 0 aliphatic rings. The molecule has 0 heterocycles. The van der Waals surface area contributed by atoms with Crippen LogP contribution in [0.1, 0.15) is 63.4 Å². The number of benzene rings is 2. The molecule has 0 saturated heterocycles. The molecule has 3 atom stereocenters. The van der Waals surface area contributed by atoms with Gasteiger partial charge in [0.1, 0.15) is 11.0 Å². The average molecular weight is 387 g/mol. The van der Waals surface area contributed by atoms with Gasteiger partial charge in [-0.15, -0.1) is 0 Å². The van der Waals surface area contributed by atoms with Crippen molar-refractivity contribution < 1.29 is 9.00 Å². The number of hydrogen-bond donors (Lipinski definition) is 2. The van der Waals surface area contributed by atoms with E-state index in [1.54, 1.807) is 0 Å². The zero-order chi connectivity index (χ0) is 20.2. The summed E-state index contributed by atoms with van der Waals surface area (Å²) in [5.74, 6) is -0.0310. The number of amides is 1.